The molecule has 0 aromatic carbocycles. The highest BCUT2D eigenvalue weighted by Crippen LogP contribution is 2.21. The number of carbonyl (C=O) groups excluding carboxylic acids is 2. The Balaban J connectivity index is 2.11. The van der Waals surface area contributed by atoms with Crippen molar-refractivity contribution in [3.05, 3.63) is 22.2 Å². The highest BCUT2D eigenvalue weighted by molar-refractivity contribution is 6.01. The first kappa shape index (κ1) is 12.7. The number of nitrogens with one attached hydrogen (secondary N) is 2. The third-order valence-electron chi connectivity index (χ3n) is 2.66. The molecule has 9 nitrogen and oxygen atoms in total. The number of amides is 2. The zero-order valence-electron chi connectivity index (χ0n) is 9.75. The molecule has 1 aromatic rings. The summed E-state index contributed by atoms with van der Waals surface area (Å²) in [6.07, 6.45) is 0.565. The predicted molar refractivity (Wildman–Crippen MR) is 65.1 cm³/mol. The van der Waals surface area contributed by atoms with Crippen molar-refractivity contribution < 1.29 is 14.5 Å². The summed E-state index contributed by atoms with van der Waals surface area (Å²) in [5, 5.41) is 15.5. The van der Waals surface area contributed by atoms with Gasteiger partial charge in [0.05, 0.1) is 4.92 Å². The van der Waals surface area contributed by atoms with E-state index >= 15 is 0 Å². The summed E-state index contributed by atoms with van der Waals surface area (Å²) in [6, 6.07) is 1.96. The van der Waals surface area contributed by atoms with Crippen molar-refractivity contribution in [2.75, 3.05) is 11.1 Å². The molecule has 0 aliphatic carbocycles. The van der Waals surface area contributed by atoms with Crippen LogP contribution in [0.2, 0.25) is 0 Å². The average Bonchev–Trinajstić information content (AvgIpc) is 2.32. The van der Waals surface area contributed by atoms with Crippen molar-refractivity contribution >= 4 is 29.1 Å². The molecule has 1 aromatic heterocycles. The van der Waals surface area contributed by atoms with Gasteiger partial charge in [0.2, 0.25) is 17.6 Å². The van der Waals surface area contributed by atoms with Crippen LogP contribution in [-0.2, 0) is 9.59 Å². The van der Waals surface area contributed by atoms with Gasteiger partial charge in [-0.1, -0.05) is 0 Å². The molecule has 1 saturated heterocycles. The van der Waals surface area contributed by atoms with Gasteiger partial charge in [-0.2, -0.15) is 0 Å². The number of rotatable bonds is 3. The number of nitrogens with two attached hydrogens (primary N) is 1. The lowest BCUT2D eigenvalue weighted by molar-refractivity contribution is -0.384. The Morgan fingerprint density at radius 2 is 2.21 bits per heavy atom. The smallest absolute Gasteiger partial charge is 0.311 e. The van der Waals surface area contributed by atoms with E-state index in [1.54, 1.807) is 0 Å². The number of anilines is 2. The molecule has 1 atom stereocenters. The summed E-state index contributed by atoms with van der Waals surface area (Å²) in [7, 11) is 0. The number of hydrogen-bond acceptors (Lipinski definition) is 7. The SMILES string of the molecule is Nc1nc(NC2CCC(=O)NC2=O)ccc1[N+](=O)[O-]. The Kier molecular flexibility index (Phi) is 3.27. The fourth-order valence-corrected chi connectivity index (χ4v) is 1.71. The highest BCUT2D eigenvalue weighted by atomic mass is 16.6. The number of pyridine rings is 1. The monoisotopic (exact) mass is 265 g/mol. The van der Waals surface area contributed by atoms with Gasteiger partial charge < -0.3 is 11.1 Å². The van der Waals surface area contributed by atoms with Gasteiger partial charge in [0.15, 0.2) is 0 Å². The van der Waals surface area contributed by atoms with Crippen molar-refractivity contribution in [3.8, 4) is 0 Å². The van der Waals surface area contributed by atoms with Crippen LogP contribution in [0.1, 0.15) is 12.8 Å². The molecule has 0 saturated carbocycles. The minimum Gasteiger partial charge on any atom is -0.378 e. The van der Waals surface area contributed by atoms with Crippen molar-refractivity contribution in [3.63, 3.8) is 0 Å². The van der Waals surface area contributed by atoms with Crippen LogP contribution < -0.4 is 16.4 Å². The fourth-order valence-electron chi connectivity index (χ4n) is 1.71. The quantitative estimate of drug-likeness (QED) is 0.390. The van der Waals surface area contributed by atoms with Crippen LogP contribution in [0.3, 0.4) is 0 Å². The Bertz CT molecular complexity index is 559. The number of nitrogen functional groups attached to an aromatic ring is 1. The van der Waals surface area contributed by atoms with E-state index in [-0.39, 0.29) is 29.7 Å². The van der Waals surface area contributed by atoms with Crippen LogP contribution in [0.15, 0.2) is 12.1 Å². The zero-order chi connectivity index (χ0) is 14.0. The summed E-state index contributed by atoms with van der Waals surface area (Å²) >= 11 is 0. The first-order valence-electron chi connectivity index (χ1n) is 5.48. The normalized spacial score (nSPS) is 18.8. The molecule has 4 N–H and O–H groups in total. The lowest BCUT2D eigenvalue weighted by Gasteiger charge is -2.22. The van der Waals surface area contributed by atoms with Crippen LogP contribution in [0.4, 0.5) is 17.3 Å². The first-order chi connectivity index (χ1) is 8.97. The second kappa shape index (κ2) is 4.88. The molecule has 1 fully saturated rings. The number of nitro groups is 1. The van der Waals surface area contributed by atoms with E-state index in [1.807, 2.05) is 0 Å². The average molecular weight is 265 g/mol. The lowest BCUT2D eigenvalue weighted by atomic mass is 10.1. The summed E-state index contributed by atoms with van der Waals surface area (Å²) in [5.74, 6) is -0.755. The summed E-state index contributed by atoms with van der Waals surface area (Å²) in [6.45, 7) is 0. The number of nitrogens with zero attached hydrogens (tertiary/aromatic N) is 2. The fraction of sp³-hybridized carbons (Fsp3) is 0.300. The van der Waals surface area contributed by atoms with E-state index in [2.05, 4.69) is 15.6 Å². The molecule has 0 spiro atoms. The number of piperidine rings is 1. The number of aromatic nitrogens is 1. The summed E-state index contributed by atoms with van der Waals surface area (Å²) < 4.78 is 0. The van der Waals surface area contributed by atoms with Gasteiger partial charge in [0.25, 0.3) is 0 Å². The largest absolute Gasteiger partial charge is 0.378 e. The second-order valence-corrected chi connectivity index (χ2v) is 4.01. The third kappa shape index (κ3) is 2.76. The molecule has 0 bridgehead atoms. The molecule has 2 rings (SSSR count). The molecule has 19 heavy (non-hydrogen) atoms. The van der Waals surface area contributed by atoms with Crippen LogP contribution in [0, 0.1) is 10.1 Å². The number of imide groups is 1. The van der Waals surface area contributed by atoms with Crippen molar-refractivity contribution in [2.24, 2.45) is 0 Å². The van der Waals surface area contributed by atoms with Crippen molar-refractivity contribution in [1.82, 2.24) is 10.3 Å². The molecule has 0 radical (unpaired) electrons. The Labute approximate surface area is 107 Å². The maximum absolute atomic E-state index is 11.5. The van der Waals surface area contributed by atoms with Crippen molar-refractivity contribution in [1.29, 1.82) is 0 Å². The van der Waals surface area contributed by atoms with Crippen LogP contribution >= 0.6 is 0 Å². The number of hydrogen-bond donors (Lipinski definition) is 3. The standard InChI is InChI=1S/C10H11N5O4/c11-9-6(15(18)19)2-3-7(13-9)12-5-1-4-8(16)14-10(5)17/h2-3,5H,1,4H2,(H3,11,12,13)(H,14,16,17). The van der Waals surface area contributed by atoms with E-state index in [1.165, 1.54) is 12.1 Å². The van der Waals surface area contributed by atoms with Gasteiger partial charge in [-0.3, -0.25) is 25.0 Å². The molecule has 2 heterocycles. The van der Waals surface area contributed by atoms with Gasteiger partial charge >= 0.3 is 5.69 Å². The molecule has 100 valence electrons. The van der Waals surface area contributed by atoms with E-state index in [4.69, 9.17) is 5.73 Å². The molecule has 2 amide bonds. The van der Waals surface area contributed by atoms with Gasteiger partial charge in [-0.15, -0.1) is 0 Å². The maximum atomic E-state index is 11.5. The lowest BCUT2D eigenvalue weighted by Crippen LogP contribution is -2.47. The van der Waals surface area contributed by atoms with E-state index < -0.39 is 16.9 Å². The van der Waals surface area contributed by atoms with Gasteiger partial charge in [-0.25, -0.2) is 4.98 Å². The zero-order valence-corrected chi connectivity index (χ0v) is 9.75. The molecular formula is C10H11N5O4. The van der Waals surface area contributed by atoms with E-state index in [0.29, 0.717) is 6.42 Å². The molecular weight excluding hydrogens is 254 g/mol. The Morgan fingerprint density at radius 1 is 1.47 bits per heavy atom. The predicted octanol–water partition coefficient (Wildman–Crippen LogP) is -0.211. The Morgan fingerprint density at radius 3 is 2.79 bits per heavy atom. The Hall–Kier alpha value is -2.71. The topological polar surface area (TPSA) is 140 Å². The molecule has 9 heteroatoms. The maximum Gasteiger partial charge on any atom is 0.311 e. The molecule has 1 aliphatic rings. The van der Waals surface area contributed by atoms with Gasteiger partial charge in [-0.05, 0) is 12.5 Å². The minimum absolute atomic E-state index is 0.228. The van der Waals surface area contributed by atoms with Crippen LogP contribution in [-0.4, -0.2) is 27.8 Å². The van der Waals surface area contributed by atoms with Gasteiger partial charge in [0.1, 0.15) is 11.9 Å². The second-order valence-electron chi connectivity index (χ2n) is 4.01. The van der Waals surface area contributed by atoms with Crippen molar-refractivity contribution in [2.45, 2.75) is 18.9 Å². The van der Waals surface area contributed by atoms with Gasteiger partial charge in [0, 0.05) is 12.5 Å². The minimum atomic E-state index is -0.641. The van der Waals surface area contributed by atoms with Crippen LogP contribution in [0.25, 0.3) is 0 Å². The molecule has 1 aliphatic heterocycles. The van der Waals surface area contributed by atoms with Crippen LogP contribution in [0.5, 0.6) is 0 Å². The molecule has 1 unspecified atom stereocenters. The summed E-state index contributed by atoms with van der Waals surface area (Å²) in [5.41, 5.74) is 5.14. The number of carbonyl (C=O) groups is 2. The van der Waals surface area contributed by atoms with E-state index in [9.17, 15) is 19.7 Å². The summed E-state index contributed by atoms with van der Waals surface area (Å²) in [4.78, 5) is 36.2. The highest BCUT2D eigenvalue weighted by Gasteiger charge is 2.27. The first-order valence-corrected chi connectivity index (χ1v) is 5.48. The third-order valence-corrected chi connectivity index (χ3v) is 2.66. The van der Waals surface area contributed by atoms with E-state index in [0.717, 1.165) is 0 Å².